The molecule has 1 atom stereocenters. The Balaban J connectivity index is 1.63. The fourth-order valence-corrected chi connectivity index (χ4v) is 2.95. The maximum atomic E-state index is 12.4. The molecule has 1 N–H and O–H groups in total. The molecule has 0 bridgehead atoms. The van der Waals surface area contributed by atoms with Gasteiger partial charge in [0.05, 0.1) is 0 Å². The van der Waals surface area contributed by atoms with Gasteiger partial charge in [0.2, 0.25) is 0 Å². The number of hydrogen-bond donors (Lipinski definition) is 1. The number of nitrogens with zero attached hydrogens (tertiary/aromatic N) is 1. The third-order valence-electron chi connectivity index (χ3n) is 4.36. The molecule has 4 nitrogen and oxygen atoms in total. The first kappa shape index (κ1) is 16.4. The fraction of sp³-hybridized carbons (Fsp3) is 0.350. The van der Waals surface area contributed by atoms with Gasteiger partial charge in [-0.25, -0.2) is 0 Å². The second kappa shape index (κ2) is 7.39. The molecule has 0 aliphatic carbocycles. The summed E-state index contributed by atoms with van der Waals surface area (Å²) in [6.45, 7) is 6.02. The van der Waals surface area contributed by atoms with E-state index in [9.17, 15) is 4.79 Å². The third kappa shape index (κ3) is 3.88. The van der Waals surface area contributed by atoms with Crippen LogP contribution in [0.15, 0.2) is 48.5 Å². The molecule has 1 fully saturated rings. The summed E-state index contributed by atoms with van der Waals surface area (Å²) in [5.74, 6) is 0.553. The number of ether oxygens (including phenoxy) is 1. The molecule has 3 rings (SSSR count). The smallest absolute Gasteiger partial charge is 0.265 e. The normalized spacial score (nSPS) is 15.2. The summed E-state index contributed by atoms with van der Waals surface area (Å²) >= 11 is 0. The largest absolute Gasteiger partial charge is 0.481 e. The van der Waals surface area contributed by atoms with Gasteiger partial charge in [-0.1, -0.05) is 18.2 Å². The lowest BCUT2D eigenvalue weighted by Gasteiger charge is -2.20. The topological polar surface area (TPSA) is 41.6 Å². The van der Waals surface area contributed by atoms with Gasteiger partial charge < -0.3 is 15.0 Å². The van der Waals surface area contributed by atoms with Gasteiger partial charge in [-0.15, -0.1) is 0 Å². The summed E-state index contributed by atoms with van der Waals surface area (Å²) in [5, 5.41) is 2.97. The van der Waals surface area contributed by atoms with Gasteiger partial charge >= 0.3 is 0 Å². The van der Waals surface area contributed by atoms with Gasteiger partial charge in [0.15, 0.2) is 6.10 Å². The Hall–Kier alpha value is -2.49. The van der Waals surface area contributed by atoms with E-state index in [0.29, 0.717) is 5.75 Å². The summed E-state index contributed by atoms with van der Waals surface area (Å²) in [6.07, 6.45) is 1.96. The van der Waals surface area contributed by atoms with Crippen LogP contribution in [0.4, 0.5) is 11.4 Å². The molecule has 1 aliphatic rings. The van der Waals surface area contributed by atoms with Crippen molar-refractivity contribution in [1.82, 2.24) is 0 Å². The van der Waals surface area contributed by atoms with Crippen molar-refractivity contribution in [3.05, 3.63) is 54.1 Å². The second-order valence-electron chi connectivity index (χ2n) is 6.26. The van der Waals surface area contributed by atoms with Crippen LogP contribution >= 0.6 is 0 Å². The molecule has 1 unspecified atom stereocenters. The van der Waals surface area contributed by atoms with Crippen molar-refractivity contribution < 1.29 is 9.53 Å². The number of amides is 1. The Morgan fingerprint density at radius 3 is 2.50 bits per heavy atom. The molecular weight excluding hydrogens is 300 g/mol. The Kier molecular flexibility index (Phi) is 5.04. The van der Waals surface area contributed by atoms with Crippen LogP contribution in [0, 0.1) is 6.92 Å². The minimum Gasteiger partial charge on any atom is -0.481 e. The highest BCUT2D eigenvalue weighted by Crippen LogP contribution is 2.25. The summed E-state index contributed by atoms with van der Waals surface area (Å²) in [7, 11) is 0. The first-order valence-corrected chi connectivity index (χ1v) is 8.51. The van der Waals surface area contributed by atoms with Crippen LogP contribution < -0.4 is 15.0 Å². The molecule has 1 saturated heterocycles. The number of hydrogen-bond acceptors (Lipinski definition) is 3. The lowest BCUT2D eigenvalue weighted by Crippen LogP contribution is -2.30. The fourth-order valence-electron chi connectivity index (χ4n) is 2.95. The quantitative estimate of drug-likeness (QED) is 0.904. The van der Waals surface area contributed by atoms with Gasteiger partial charge in [0, 0.05) is 24.5 Å². The van der Waals surface area contributed by atoms with Gasteiger partial charge in [-0.05, 0) is 62.6 Å². The minimum absolute atomic E-state index is 0.143. The van der Waals surface area contributed by atoms with E-state index in [1.807, 2.05) is 43.3 Å². The molecule has 4 heteroatoms. The lowest BCUT2D eigenvalue weighted by molar-refractivity contribution is -0.122. The molecule has 0 radical (unpaired) electrons. The van der Waals surface area contributed by atoms with E-state index >= 15 is 0 Å². The number of para-hydroxylation sites is 1. The monoisotopic (exact) mass is 324 g/mol. The minimum atomic E-state index is -0.551. The van der Waals surface area contributed by atoms with Crippen molar-refractivity contribution >= 4 is 17.3 Å². The second-order valence-corrected chi connectivity index (χ2v) is 6.26. The lowest BCUT2D eigenvalue weighted by atomic mass is 10.1. The number of carbonyl (C=O) groups is 1. The Morgan fingerprint density at radius 1 is 1.12 bits per heavy atom. The first-order valence-electron chi connectivity index (χ1n) is 8.51. The molecule has 2 aromatic rings. The summed E-state index contributed by atoms with van der Waals surface area (Å²) in [4.78, 5) is 14.8. The zero-order chi connectivity index (χ0) is 16.9. The average Bonchev–Trinajstić information content (AvgIpc) is 3.12. The number of aryl methyl sites for hydroxylation is 1. The van der Waals surface area contributed by atoms with Crippen molar-refractivity contribution in [3.63, 3.8) is 0 Å². The van der Waals surface area contributed by atoms with Crippen molar-refractivity contribution in [1.29, 1.82) is 0 Å². The molecule has 1 heterocycles. The van der Waals surface area contributed by atoms with Crippen LogP contribution in [0.2, 0.25) is 0 Å². The predicted octanol–water partition coefficient (Wildman–Crippen LogP) is 4.00. The van der Waals surface area contributed by atoms with Crippen LogP contribution in [-0.4, -0.2) is 25.1 Å². The van der Waals surface area contributed by atoms with Crippen LogP contribution in [0.5, 0.6) is 5.75 Å². The standard InChI is InChI=1S/C20H24N2O2/c1-15-14-17(22-12-6-7-13-22)10-11-19(15)21-20(23)16(2)24-18-8-4-3-5-9-18/h3-5,8-11,14,16H,6-7,12-13H2,1-2H3,(H,21,23). The van der Waals surface area contributed by atoms with Gasteiger partial charge in [-0.2, -0.15) is 0 Å². The molecule has 0 saturated carbocycles. The van der Waals surface area contributed by atoms with E-state index in [1.54, 1.807) is 6.92 Å². The van der Waals surface area contributed by atoms with Gasteiger partial charge in [-0.3, -0.25) is 4.79 Å². The highest BCUT2D eigenvalue weighted by atomic mass is 16.5. The van der Waals surface area contributed by atoms with Crippen molar-refractivity contribution in [2.24, 2.45) is 0 Å². The zero-order valence-corrected chi connectivity index (χ0v) is 14.3. The molecule has 126 valence electrons. The maximum absolute atomic E-state index is 12.4. The van der Waals surface area contributed by atoms with Crippen molar-refractivity contribution in [3.8, 4) is 5.75 Å². The zero-order valence-electron chi connectivity index (χ0n) is 14.3. The molecule has 24 heavy (non-hydrogen) atoms. The number of rotatable bonds is 5. The maximum Gasteiger partial charge on any atom is 0.265 e. The van der Waals surface area contributed by atoms with Crippen molar-refractivity contribution in [2.75, 3.05) is 23.3 Å². The van der Waals surface area contributed by atoms with Crippen LogP contribution in [-0.2, 0) is 4.79 Å². The van der Waals surface area contributed by atoms with E-state index in [4.69, 9.17) is 4.74 Å². The van der Waals surface area contributed by atoms with E-state index < -0.39 is 6.10 Å². The highest BCUT2D eigenvalue weighted by Gasteiger charge is 2.17. The Morgan fingerprint density at radius 2 is 1.83 bits per heavy atom. The average molecular weight is 324 g/mol. The Bertz CT molecular complexity index is 694. The van der Waals surface area contributed by atoms with Crippen LogP contribution in [0.25, 0.3) is 0 Å². The summed E-state index contributed by atoms with van der Waals surface area (Å²) in [5.41, 5.74) is 3.14. The van der Waals surface area contributed by atoms with Crippen LogP contribution in [0.1, 0.15) is 25.3 Å². The highest BCUT2D eigenvalue weighted by molar-refractivity contribution is 5.95. The van der Waals surface area contributed by atoms with E-state index in [-0.39, 0.29) is 5.91 Å². The van der Waals surface area contributed by atoms with E-state index in [0.717, 1.165) is 24.3 Å². The molecule has 0 aromatic heterocycles. The predicted molar refractivity (Wildman–Crippen MR) is 97.8 cm³/mol. The number of anilines is 2. The van der Waals surface area contributed by atoms with E-state index in [2.05, 4.69) is 22.3 Å². The number of nitrogens with one attached hydrogen (secondary N) is 1. The molecular formula is C20H24N2O2. The van der Waals surface area contributed by atoms with Crippen LogP contribution in [0.3, 0.4) is 0 Å². The van der Waals surface area contributed by atoms with Crippen molar-refractivity contribution in [2.45, 2.75) is 32.8 Å². The number of carbonyl (C=O) groups excluding carboxylic acids is 1. The van der Waals surface area contributed by atoms with Gasteiger partial charge in [0.1, 0.15) is 5.75 Å². The molecule has 0 spiro atoms. The van der Waals surface area contributed by atoms with E-state index in [1.165, 1.54) is 18.5 Å². The molecule has 1 amide bonds. The third-order valence-corrected chi connectivity index (χ3v) is 4.36. The first-order chi connectivity index (χ1) is 11.6. The molecule has 2 aromatic carbocycles. The van der Waals surface area contributed by atoms with Gasteiger partial charge in [0.25, 0.3) is 5.91 Å². The Labute approximate surface area is 143 Å². The summed E-state index contributed by atoms with van der Waals surface area (Å²) in [6, 6.07) is 15.6. The summed E-state index contributed by atoms with van der Waals surface area (Å²) < 4.78 is 5.67. The SMILES string of the molecule is Cc1cc(N2CCCC2)ccc1NC(=O)C(C)Oc1ccccc1. The molecule has 1 aliphatic heterocycles. The number of benzene rings is 2.